The fraction of sp³-hybridized carbons (Fsp3) is 0.533. The number of carbonyl (C=O) groups excluding carboxylic acids is 1. The highest BCUT2D eigenvalue weighted by atomic mass is 35.5. The van der Waals surface area contributed by atoms with Gasteiger partial charge in [0.25, 0.3) is 5.91 Å². The molecule has 0 aliphatic carbocycles. The Bertz CT molecular complexity index is 460. The van der Waals surface area contributed by atoms with Crippen LogP contribution in [-0.2, 0) is 0 Å². The molecule has 1 aromatic rings. The number of methoxy groups -OCH3 is 1. The van der Waals surface area contributed by atoms with Crippen molar-refractivity contribution in [3.8, 4) is 11.5 Å². The first-order valence-electron chi connectivity index (χ1n) is 6.61. The van der Waals surface area contributed by atoms with Gasteiger partial charge in [0.2, 0.25) is 0 Å². The minimum Gasteiger partial charge on any atom is -0.504 e. The monoisotopic (exact) mass is 299 g/mol. The molecule has 0 saturated heterocycles. The lowest BCUT2D eigenvalue weighted by atomic mass is 9.88. The zero-order chi connectivity index (χ0) is 15.2. The number of phenols is 1. The number of hydrogen-bond acceptors (Lipinski definition) is 3. The van der Waals surface area contributed by atoms with Crippen LogP contribution in [-0.4, -0.2) is 30.5 Å². The van der Waals surface area contributed by atoms with Gasteiger partial charge in [0, 0.05) is 12.4 Å². The third-order valence-electron chi connectivity index (χ3n) is 3.18. The van der Waals surface area contributed by atoms with Crippen LogP contribution >= 0.6 is 11.6 Å². The van der Waals surface area contributed by atoms with Gasteiger partial charge >= 0.3 is 0 Å². The zero-order valence-corrected chi connectivity index (χ0v) is 13.0. The lowest BCUT2D eigenvalue weighted by Gasteiger charge is -2.24. The van der Waals surface area contributed by atoms with Crippen LogP contribution in [0.15, 0.2) is 18.2 Å². The van der Waals surface area contributed by atoms with Gasteiger partial charge in [-0.15, -0.1) is 11.6 Å². The van der Waals surface area contributed by atoms with E-state index in [9.17, 15) is 9.90 Å². The molecular formula is C15H22ClNO3. The van der Waals surface area contributed by atoms with E-state index in [1.54, 1.807) is 18.2 Å². The summed E-state index contributed by atoms with van der Waals surface area (Å²) in [6.07, 6.45) is 1.84. The highest BCUT2D eigenvalue weighted by Gasteiger charge is 2.20. The molecule has 0 aromatic heterocycles. The summed E-state index contributed by atoms with van der Waals surface area (Å²) in [4.78, 5) is 12.1. The van der Waals surface area contributed by atoms with Crippen molar-refractivity contribution in [3.05, 3.63) is 23.8 Å². The maximum absolute atomic E-state index is 12.1. The predicted molar refractivity (Wildman–Crippen MR) is 80.7 cm³/mol. The molecule has 4 nitrogen and oxygen atoms in total. The van der Waals surface area contributed by atoms with E-state index in [1.165, 1.54) is 7.11 Å². The summed E-state index contributed by atoms with van der Waals surface area (Å²) in [7, 11) is 1.45. The van der Waals surface area contributed by atoms with Crippen molar-refractivity contribution in [2.75, 3.05) is 19.5 Å². The third-order valence-corrected chi connectivity index (χ3v) is 3.45. The Kier molecular flexibility index (Phi) is 6.14. The number of carbonyl (C=O) groups is 1. The first kappa shape index (κ1) is 16.6. The molecule has 1 rings (SSSR count). The van der Waals surface area contributed by atoms with Gasteiger partial charge in [0.1, 0.15) is 0 Å². The maximum Gasteiger partial charge on any atom is 0.255 e. The molecule has 1 amide bonds. The Morgan fingerprint density at radius 3 is 2.75 bits per heavy atom. The summed E-state index contributed by atoms with van der Waals surface area (Å²) >= 11 is 5.69. The van der Waals surface area contributed by atoms with Crippen LogP contribution in [0.4, 0.5) is 0 Å². The Hall–Kier alpha value is -1.42. The van der Waals surface area contributed by atoms with Crippen molar-refractivity contribution >= 4 is 17.5 Å². The number of benzene rings is 1. The molecular weight excluding hydrogens is 278 g/mol. The number of alkyl halides is 1. The average Bonchev–Trinajstić information content (AvgIpc) is 2.43. The summed E-state index contributed by atoms with van der Waals surface area (Å²) in [6.45, 7) is 4.68. The second-order valence-corrected chi connectivity index (χ2v) is 5.87. The van der Waals surface area contributed by atoms with Gasteiger partial charge in [-0.3, -0.25) is 4.79 Å². The molecule has 0 saturated carbocycles. The molecule has 2 N–H and O–H groups in total. The van der Waals surface area contributed by atoms with E-state index in [0.29, 0.717) is 18.2 Å². The van der Waals surface area contributed by atoms with Crippen LogP contribution in [0.3, 0.4) is 0 Å². The smallest absolute Gasteiger partial charge is 0.255 e. The standard InChI is InChI=1S/C15H22ClNO3/c1-15(2,8-5-9-16)10-17-14(19)11-6-4-7-12(20-3)13(11)18/h4,6-7,18H,5,8-10H2,1-3H3,(H,17,19). The second kappa shape index (κ2) is 7.39. The molecule has 1 aromatic carbocycles. The van der Waals surface area contributed by atoms with Crippen LogP contribution in [0.1, 0.15) is 37.0 Å². The molecule has 0 bridgehead atoms. The minimum atomic E-state index is -0.305. The van der Waals surface area contributed by atoms with Crippen LogP contribution in [0.2, 0.25) is 0 Å². The Morgan fingerprint density at radius 2 is 2.15 bits per heavy atom. The largest absolute Gasteiger partial charge is 0.504 e. The highest BCUT2D eigenvalue weighted by molar-refractivity contribution is 6.17. The lowest BCUT2D eigenvalue weighted by Crippen LogP contribution is -2.34. The third kappa shape index (κ3) is 4.60. The average molecular weight is 300 g/mol. The van der Waals surface area contributed by atoms with Gasteiger partial charge in [-0.1, -0.05) is 19.9 Å². The molecule has 20 heavy (non-hydrogen) atoms. The number of rotatable bonds is 7. The Morgan fingerprint density at radius 1 is 1.45 bits per heavy atom. The van der Waals surface area contributed by atoms with Crippen LogP contribution < -0.4 is 10.1 Å². The lowest BCUT2D eigenvalue weighted by molar-refractivity contribution is 0.0931. The van der Waals surface area contributed by atoms with Crippen LogP contribution in [0.5, 0.6) is 11.5 Å². The second-order valence-electron chi connectivity index (χ2n) is 5.50. The molecule has 0 fully saturated rings. The summed E-state index contributed by atoms with van der Waals surface area (Å²) in [5.41, 5.74) is 0.191. The number of amides is 1. The molecule has 0 radical (unpaired) electrons. The summed E-state index contributed by atoms with van der Waals surface area (Å²) in [5, 5.41) is 12.8. The van der Waals surface area contributed by atoms with Gasteiger partial charge in [0.05, 0.1) is 12.7 Å². The zero-order valence-electron chi connectivity index (χ0n) is 12.2. The summed E-state index contributed by atoms with van der Waals surface area (Å²) < 4.78 is 4.99. The first-order chi connectivity index (χ1) is 9.41. The molecule has 0 aliphatic heterocycles. The van der Waals surface area contributed by atoms with Gasteiger partial charge in [-0.05, 0) is 30.4 Å². The van der Waals surface area contributed by atoms with E-state index in [2.05, 4.69) is 19.2 Å². The van der Waals surface area contributed by atoms with E-state index in [1.807, 2.05) is 0 Å². The molecule has 0 aliphatic rings. The van der Waals surface area contributed by atoms with E-state index >= 15 is 0 Å². The van der Waals surface area contributed by atoms with Crippen molar-refractivity contribution < 1.29 is 14.6 Å². The Balaban J connectivity index is 2.68. The van der Waals surface area contributed by atoms with Crippen molar-refractivity contribution in [1.82, 2.24) is 5.32 Å². The SMILES string of the molecule is COc1cccc(C(=O)NCC(C)(C)CCCCl)c1O. The molecule has 0 atom stereocenters. The normalized spacial score (nSPS) is 11.2. The van der Waals surface area contributed by atoms with Crippen LogP contribution in [0.25, 0.3) is 0 Å². The van der Waals surface area contributed by atoms with E-state index in [4.69, 9.17) is 16.3 Å². The fourth-order valence-corrected chi connectivity index (χ4v) is 2.05. The molecule has 5 heteroatoms. The minimum absolute atomic E-state index is 0.0287. The molecule has 0 unspecified atom stereocenters. The van der Waals surface area contributed by atoms with Crippen LogP contribution in [0, 0.1) is 5.41 Å². The molecule has 0 spiro atoms. The van der Waals surface area contributed by atoms with Crippen molar-refractivity contribution in [1.29, 1.82) is 0 Å². The van der Waals surface area contributed by atoms with E-state index in [0.717, 1.165) is 12.8 Å². The number of aromatic hydroxyl groups is 1. The van der Waals surface area contributed by atoms with Gasteiger partial charge in [-0.25, -0.2) is 0 Å². The number of halogens is 1. The van der Waals surface area contributed by atoms with Crippen molar-refractivity contribution in [2.45, 2.75) is 26.7 Å². The number of ether oxygens (including phenoxy) is 1. The van der Waals surface area contributed by atoms with E-state index in [-0.39, 0.29) is 22.6 Å². The van der Waals surface area contributed by atoms with Gasteiger partial charge < -0.3 is 15.2 Å². The van der Waals surface area contributed by atoms with Gasteiger partial charge in [-0.2, -0.15) is 0 Å². The van der Waals surface area contributed by atoms with Gasteiger partial charge in [0.15, 0.2) is 11.5 Å². The summed E-state index contributed by atoms with van der Waals surface area (Å²) in [5.74, 6) is 0.471. The number of nitrogens with one attached hydrogen (secondary N) is 1. The molecule has 112 valence electrons. The number of phenolic OH excluding ortho intramolecular Hbond substituents is 1. The van der Waals surface area contributed by atoms with Crippen molar-refractivity contribution in [3.63, 3.8) is 0 Å². The topological polar surface area (TPSA) is 58.6 Å². The van der Waals surface area contributed by atoms with E-state index < -0.39 is 0 Å². The quantitative estimate of drug-likeness (QED) is 0.760. The maximum atomic E-state index is 12.1. The number of para-hydroxylation sites is 1. The molecule has 0 heterocycles. The highest BCUT2D eigenvalue weighted by Crippen LogP contribution is 2.29. The van der Waals surface area contributed by atoms with Crippen molar-refractivity contribution in [2.24, 2.45) is 5.41 Å². The fourth-order valence-electron chi connectivity index (χ4n) is 1.92. The summed E-state index contributed by atoms with van der Waals surface area (Å²) in [6, 6.07) is 4.85. The first-order valence-corrected chi connectivity index (χ1v) is 7.15. The Labute approximate surface area is 125 Å². The number of hydrogen-bond donors (Lipinski definition) is 2. The predicted octanol–water partition coefficient (Wildman–Crippen LogP) is 3.18.